The third kappa shape index (κ3) is 3.51. The Labute approximate surface area is 124 Å². The topological polar surface area (TPSA) is 110 Å². The van der Waals surface area contributed by atoms with Crippen LogP contribution >= 0.6 is 11.3 Å². The Hall–Kier alpha value is -2.55. The van der Waals surface area contributed by atoms with Crippen molar-refractivity contribution < 1.29 is 9.72 Å². The molecular weight excluding hydrogens is 294 g/mol. The molecule has 0 aliphatic rings. The average Bonchev–Trinajstić information content (AvgIpc) is 2.84. The predicted octanol–water partition coefficient (Wildman–Crippen LogP) is 2.44. The zero-order valence-electron chi connectivity index (χ0n) is 11.4. The van der Waals surface area contributed by atoms with E-state index in [0.717, 1.165) is 5.01 Å². The summed E-state index contributed by atoms with van der Waals surface area (Å²) in [4.78, 5) is 22.6. The van der Waals surface area contributed by atoms with Crippen LogP contribution in [-0.4, -0.2) is 27.6 Å². The standard InChI is InChI=1S/C12H13N5O3S/c1-3-13-10-5-4-8(17(19)20)6-9(10)11(18)14-12-16-15-7(2)21-12/h4-6,13H,3H2,1-2H3,(H,14,16,18). The van der Waals surface area contributed by atoms with Crippen LogP contribution in [0.5, 0.6) is 0 Å². The molecule has 0 fully saturated rings. The SMILES string of the molecule is CCNc1ccc([N+](=O)[O-])cc1C(=O)Nc1nnc(C)s1. The Morgan fingerprint density at radius 1 is 1.43 bits per heavy atom. The first kappa shape index (κ1) is 14.9. The highest BCUT2D eigenvalue weighted by Gasteiger charge is 2.17. The van der Waals surface area contributed by atoms with Crippen molar-refractivity contribution in [3.63, 3.8) is 0 Å². The molecule has 0 bridgehead atoms. The Kier molecular flexibility index (Phi) is 4.43. The number of nitro groups is 1. The molecule has 2 rings (SSSR count). The lowest BCUT2D eigenvalue weighted by Gasteiger charge is -2.09. The van der Waals surface area contributed by atoms with Gasteiger partial charge >= 0.3 is 0 Å². The van der Waals surface area contributed by atoms with Gasteiger partial charge in [0.2, 0.25) is 5.13 Å². The van der Waals surface area contributed by atoms with E-state index in [0.29, 0.717) is 17.4 Å². The lowest BCUT2D eigenvalue weighted by atomic mass is 10.1. The molecule has 2 N–H and O–H groups in total. The Bertz CT molecular complexity index is 685. The van der Waals surface area contributed by atoms with Crippen molar-refractivity contribution in [3.05, 3.63) is 38.9 Å². The number of nitrogens with one attached hydrogen (secondary N) is 2. The fourth-order valence-electron chi connectivity index (χ4n) is 1.69. The number of hydrogen-bond acceptors (Lipinski definition) is 7. The number of nitro benzene ring substituents is 1. The van der Waals surface area contributed by atoms with E-state index in [1.165, 1.54) is 29.5 Å². The van der Waals surface area contributed by atoms with Gasteiger partial charge in [-0.2, -0.15) is 0 Å². The molecule has 21 heavy (non-hydrogen) atoms. The van der Waals surface area contributed by atoms with Crippen molar-refractivity contribution in [3.8, 4) is 0 Å². The minimum absolute atomic E-state index is 0.143. The Morgan fingerprint density at radius 2 is 2.19 bits per heavy atom. The van der Waals surface area contributed by atoms with E-state index in [-0.39, 0.29) is 11.3 Å². The van der Waals surface area contributed by atoms with Crippen LogP contribution in [0.1, 0.15) is 22.3 Å². The first-order valence-electron chi connectivity index (χ1n) is 6.15. The van der Waals surface area contributed by atoms with Gasteiger partial charge in [-0.3, -0.25) is 20.2 Å². The summed E-state index contributed by atoms with van der Waals surface area (Å²) in [7, 11) is 0. The molecule has 1 aromatic carbocycles. The number of anilines is 2. The van der Waals surface area contributed by atoms with Crippen molar-refractivity contribution in [2.24, 2.45) is 0 Å². The third-order valence-corrected chi connectivity index (χ3v) is 3.33. The molecule has 0 spiro atoms. The quantitative estimate of drug-likeness (QED) is 0.648. The first-order valence-corrected chi connectivity index (χ1v) is 6.96. The summed E-state index contributed by atoms with van der Waals surface area (Å²) in [5, 5.41) is 25.1. The van der Waals surface area contributed by atoms with Gasteiger partial charge in [0.15, 0.2) is 0 Å². The molecule has 2 aromatic rings. The highest BCUT2D eigenvalue weighted by atomic mass is 32.1. The van der Waals surface area contributed by atoms with Gasteiger partial charge in [0.05, 0.1) is 10.5 Å². The molecule has 0 radical (unpaired) electrons. The smallest absolute Gasteiger partial charge is 0.270 e. The summed E-state index contributed by atoms with van der Waals surface area (Å²) in [5.41, 5.74) is 0.580. The fraction of sp³-hybridized carbons (Fsp3) is 0.250. The van der Waals surface area contributed by atoms with Crippen molar-refractivity contribution in [2.45, 2.75) is 13.8 Å². The number of nitrogens with zero attached hydrogens (tertiary/aromatic N) is 3. The number of hydrogen-bond donors (Lipinski definition) is 2. The molecule has 1 heterocycles. The van der Waals surface area contributed by atoms with Crippen LogP contribution in [0.2, 0.25) is 0 Å². The maximum atomic E-state index is 12.3. The van der Waals surface area contributed by atoms with E-state index in [1.54, 1.807) is 6.92 Å². The van der Waals surface area contributed by atoms with Crippen LogP contribution in [0, 0.1) is 17.0 Å². The van der Waals surface area contributed by atoms with Crippen molar-refractivity contribution in [1.82, 2.24) is 10.2 Å². The van der Waals surface area contributed by atoms with Crippen molar-refractivity contribution in [2.75, 3.05) is 17.2 Å². The monoisotopic (exact) mass is 307 g/mol. The summed E-state index contributed by atoms with van der Waals surface area (Å²) in [6, 6.07) is 4.10. The second kappa shape index (κ2) is 6.27. The Balaban J connectivity index is 2.32. The molecule has 0 saturated heterocycles. The highest BCUT2D eigenvalue weighted by molar-refractivity contribution is 7.15. The Morgan fingerprint density at radius 3 is 2.76 bits per heavy atom. The van der Waals surface area contributed by atoms with Crippen LogP contribution in [0.3, 0.4) is 0 Å². The van der Waals surface area contributed by atoms with Crippen LogP contribution in [0.4, 0.5) is 16.5 Å². The van der Waals surface area contributed by atoms with E-state index in [2.05, 4.69) is 20.8 Å². The number of carbonyl (C=O) groups excluding carboxylic acids is 1. The molecule has 0 aliphatic heterocycles. The summed E-state index contributed by atoms with van der Waals surface area (Å²) in [6.45, 7) is 4.23. The molecular formula is C12H13N5O3S. The zero-order valence-corrected chi connectivity index (χ0v) is 12.2. The summed E-state index contributed by atoms with van der Waals surface area (Å²) in [6.07, 6.45) is 0. The fourth-order valence-corrected chi connectivity index (χ4v) is 2.28. The van der Waals surface area contributed by atoms with Crippen molar-refractivity contribution in [1.29, 1.82) is 0 Å². The maximum absolute atomic E-state index is 12.3. The van der Waals surface area contributed by atoms with Gasteiger partial charge in [0, 0.05) is 24.4 Å². The minimum Gasteiger partial charge on any atom is -0.385 e. The molecule has 8 nitrogen and oxygen atoms in total. The van der Waals surface area contributed by atoms with E-state index in [9.17, 15) is 14.9 Å². The molecule has 9 heteroatoms. The normalized spacial score (nSPS) is 10.2. The molecule has 1 amide bonds. The summed E-state index contributed by atoms with van der Waals surface area (Å²) in [5.74, 6) is -0.467. The zero-order chi connectivity index (χ0) is 15.4. The van der Waals surface area contributed by atoms with Crippen LogP contribution in [-0.2, 0) is 0 Å². The van der Waals surface area contributed by atoms with Gasteiger partial charge in [-0.1, -0.05) is 11.3 Å². The summed E-state index contributed by atoms with van der Waals surface area (Å²) >= 11 is 1.23. The number of non-ortho nitro benzene ring substituents is 1. The number of benzene rings is 1. The molecule has 0 atom stereocenters. The number of carbonyl (C=O) groups is 1. The lowest BCUT2D eigenvalue weighted by Crippen LogP contribution is -2.15. The van der Waals surface area contributed by atoms with E-state index in [4.69, 9.17) is 0 Å². The lowest BCUT2D eigenvalue weighted by molar-refractivity contribution is -0.384. The minimum atomic E-state index is -0.540. The molecule has 0 aliphatic carbocycles. The number of aryl methyl sites for hydroxylation is 1. The molecule has 110 valence electrons. The van der Waals surface area contributed by atoms with E-state index < -0.39 is 10.8 Å². The van der Waals surface area contributed by atoms with Crippen LogP contribution in [0.25, 0.3) is 0 Å². The van der Waals surface area contributed by atoms with Gasteiger partial charge in [-0.15, -0.1) is 10.2 Å². The number of aromatic nitrogens is 2. The van der Waals surface area contributed by atoms with Gasteiger partial charge in [0.25, 0.3) is 11.6 Å². The van der Waals surface area contributed by atoms with Gasteiger partial charge in [0.1, 0.15) is 5.01 Å². The number of rotatable bonds is 5. The second-order valence-electron chi connectivity index (χ2n) is 4.10. The van der Waals surface area contributed by atoms with Gasteiger partial charge in [-0.05, 0) is 19.9 Å². The van der Waals surface area contributed by atoms with E-state index in [1.807, 2.05) is 6.92 Å². The van der Waals surface area contributed by atoms with Gasteiger partial charge < -0.3 is 5.32 Å². The maximum Gasteiger partial charge on any atom is 0.270 e. The van der Waals surface area contributed by atoms with Gasteiger partial charge in [-0.25, -0.2) is 0 Å². The summed E-state index contributed by atoms with van der Waals surface area (Å²) < 4.78 is 0. The molecule has 0 unspecified atom stereocenters. The largest absolute Gasteiger partial charge is 0.385 e. The first-order chi connectivity index (χ1) is 10.0. The van der Waals surface area contributed by atoms with Crippen LogP contribution < -0.4 is 10.6 Å². The molecule has 1 aromatic heterocycles. The number of amides is 1. The van der Waals surface area contributed by atoms with Crippen LogP contribution in [0.15, 0.2) is 18.2 Å². The van der Waals surface area contributed by atoms with Crippen molar-refractivity contribution >= 4 is 33.8 Å². The van der Waals surface area contributed by atoms with E-state index >= 15 is 0 Å². The average molecular weight is 307 g/mol. The highest BCUT2D eigenvalue weighted by Crippen LogP contribution is 2.24. The predicted molar refractivity (Wildman–Crippen MR) is 79.9 cm³/mol. The molecule has 0 saturated carbocycles. The second-order valence-corrected chi connectivity index (χ2v) is 5.28. The third-order valence-electron chi connectivity index (χ3n) is 2.57.